The van der Waals surface area contributed by atoms with Gasteiger partial charge in [0.05, 0.1) is 6.54 Å². The van der Waals surface area contributed by atoms with Crippen LogP contribution < -0.4 is 5.32 Å². The molecule has 0 spiro atoms. The SMILES string of the molecule is CC(C)N(CCNC(=NCc1ccccc1)N(C)C)C(C)C. The lowest BCUT2D eigenvalue weighted by molar-refractivity contribution is 0.178. The Labute approximate surface area is 136 Å². The number of nitrogens with one attached hydrogen (secondary N) is 1. The predicted octanol–water partition coefficient (Wildman–Crippen LogP) is 2.81. The Morgan fingerprint density at radius 2 is 1.64 bits per heavy atom. The predicted molar refractivity (Wildman–Crippen MR) is 96.2 cm³/mol. The van der Waals surface area contributed by atoms with E-state index in [0.717, 1.165) is 19.0 Å². The number of rotatable bonds is 7. The molecule has 0 aliphatic carbocycles. The summed E-state index contributed by atoms with van der Waals surface area (Å²) in [5.74, 6) is 0.941. The first-order valence-corrected chi connectivity index (χ1v) is 8.17. The zero-order chi connectivity index (χ0) is 16.5. The van der Waals surface area contributed by atoms with Gasteiger partial charge in [0.15, 0.2) is 5.96 Å². The van der Waals surface area contributed by atoms with Gasteiger partial charge in [0.25, 0.3) is 0 Å². The molecule has 0 unspecified atom stereocenters. The van der Waals surface area contributed by atoms with Crippen LogP contribution in [0.3, 0.4) is 0 Å². The highest BCUT2D eigenvalue weighted by Crippen LogP contribution is 2.04. The van der Waals surface area contributed by atoms with Crippen molar-refractivity contribution in [1.82, 2.24) is 15.1 Å². The van der Waals surface area contributed by atoms with Crippen LogP contribution in [0.4, 0.5) is 0 Å². The van der Waals surface area contributed by atoms with Crippen LogP contribution in [0.25, 0.3) is 0 Å². The molecule has 1 N–H and O–H groups in total. The average Bonchev–Trinajstić information content (AvgIpc) is 2.46. The van der Waals surface area contributed by atoms with Gasteiger partial charge in [-0.05, 0) is 33.3 Å². The number of guanidine groups is 1. The molecule has 4 nitrogen and oxygen atoms in total. The summed E-state index contributed by atoms with van der Waals surface area (Å²) in [4.78, 5) is 9.22. The van der Waals surface area contributed by atoms with E-state index in [1.807, 2.05) is 25.1 Å². The Morgan fingerprint density at radius 1 is 1.05 bits per heavy atom. The van der Waals surface area contributed by atoms with E-state index in [-0.39, 0.29) is 0 Å². The molecular formula is C18H32N4. The molecule has 0 aliphatic heterocycles. The quantitative estimate of drug-likeness (QED) is 0.621. The third-order valence-corrected chi connectivity index (χ3v) is 3.66. The number of aliphatic imine (C=N–C) groups is 1. The molecule has 124 valence electrons. The lowest BCUT2D eigenvalue weighted by Gasteiger charge is -2.31. The molecule has 0 bridgehead atoms. The van der Waals surface area contributed by atoms with Gasteiger partial charge in [0, 0.05) is 39.3 Å². The fourth-order valence-electron chi connectivity index (χ4n) is 2.51. The van der Waals surface area contributed by atoms with Crippen LogP contribution in [-0.4, -0.2) is 55.0 Å². The van der Waals surface area contributed by atoms with Crippen LogP contribution in [0.5, 0.6) is 0 Å². The van der Waals surface area contributed by atoms with Gasteiger partial charge in [0.1, 0.15) is 0 Å². The third-order valence-electron chi connectivity index (χ3n) is 3.66. The Morgan fingerprint density at radius 3 is 2.14 bits per heavy atom. The summed E-state index contributed by atoms with van der Waals surface area (Å²) in [7, 11) is 4.05. The molecule has 0 aliphatic rings. The fraction of sp³-hybridized carbons (Fsp3) is 0.611. The van der Waals surface area contributed by atoms with E-state index in [1.165, 1.54) is 5.56 Å². The first-order valence-electron chi connectivity index (χ1n) is 8.17. The second-order valence-corrected chi connectivity index (χ2v) is 6.37. The molecule has 1 aromatic carbocycles. The molecule has 0 saturated carbocycles. The summed E-state index contributed by atoms with van der Waals surface area (Å²) in [5, 5.41) is 3.46. The van der Waals surface area contributed by atoms with E-state index in [1.54, 1.807) is 0 Å². The number of benzene rings is 1. The Balaban J connectivity index is 2.54. The van der Waals surface area contributed by atoms with Crippen molar-refractivity contribution in [2.45, 2.75) is 46.3 Å². The van der Waals surface area contributed by atoms with Crippen LogP contribution in [-0.2, 0) is 6.54 Å². The molecule has 4 heteroatoms. The molecule has 0 heterocycles. The first-order chi connectivity index (χ1) is 10.4. The molecule has 0 amide bonds. The van der Waals surface area contributed by atoms with Crippen molar-refractivity contribution in [3.05, 3.63) is 35.9 Å². The number of nitrogens with zero attached hydrogens (tertiary/aromatic N) is 3. The van der Waals surface area contributed by atoms with Crippen molar-refractivity contribution in [3.8, 4) is 0 Å². The molecular weight excluding hydrogens is 272 g/mol. The third kappa shape index (κ3) is 6.48. The minimum atomic E-state index is 0.561. The standard InChI is InChI=1S/C18H32N4/c1-15(2)22(16(3)4)13-12-19-18(21(5)6)20-14-17-10-8-7-9-11-17/h7-11,15-16H,12-14H2,1-6H3,(H,19,20). The zero-order valence-electron chi connectivity index (χ0n) is 15.0. The maximum atomic E-state index is 4.69. The maximum absolute atomic E-state index is 4.69. The monoisotopic (exact) mass is 304 g/mol. The highest BCUT2D eigenvalue weighted by molar-refractivity contribution is 5.79. The van der Waals surface area contributed by atoms with Crippen LogP contribution >= 0.6 is 0 Å². The van der Waals surface area contributed by atoms with Crippen molar-refractivity contribution in [3.63, 3.8) is 0 Å². The van der Waals surface area contributed by atoms with Crippen molar-refractivity contribution in [2.75, 3.05) is 27.2 Å². The molecule has 1 rings (SSSR count). The van der Waals surface area contributed by atoms with Gasteiger partial charge in [-0.25, -0.2) is 4.99 Å². The largest absolute Gasteiger partial charge is 0.355 e. The molecule has 0 aromatic heterocycles. The summed E-state index contributed by atoms with van der Waals surface area (Å²) in [5.41, 5.74) is 1.23. The van der Waals surface area contributed by atoms with Crippen LogP contribution in [0.2, 0.25) is 0 Å². The molecule has 0 radical (unpaired) electrons. The lowest BCUT2D eigenvalue weighted by Crippen LogP contribution is -2.45. The molecule has 0 fully saturated rings. The Bertz CT molecular complexity index is 430. The second kappa shape index (κ2) is 9.46. The summed E-state index contributed by atoms with van der Waals surface area (Å²) >= 11 is 0. The lowest BCUT2D eigenvalue weighted by atomic mass is 10.2. The van der Waals surface area contributed by atoms with Crippen LogP contribution in [0.15, 0.2) is 35.3 Å². The van der Waals surface area contributed by atoms with E-state index in [0.29, 0.717) is 18.6 Å². The Hall–Kier alpha value is -1.55. The van der Waals surface area contributed by atoms with Gasteiger partial charge in [-0.2, -0.15) is 0 Å². The minimum Gasteiger partial charge on any atom is -0.355 e. The van der Waals surface area contributed by atoms with Gasteiger partial charge in [-0.3, -0.25) is 4.90 Å². The Kier molecular flexibility index (Phi) is 7.96. The molecule has 0 atom stereocenters. The second-order valence-electron chi connectivity index (χ2n) is 6.37. The molecule has 22 heavy (non-hydrogen) atoms. The van der Waals surface area contributed by atoms with E-state index in [4.69, 9.17) is 4.99 Å². The van der Waals surface area contributed by atoms with E-state index in [9.17, 15) is 0 Å². The highest BCUT2D eigenvalue weighted by atomic mass is 15.3. The fourth-order valence-corrected chi connectivity index (χ4v) is 2.51. The minimum absolute atomic E-state index is 0.561. The van der Waals surface area contributed by atoms with Crippen molar-refractivity contribution >= 4 is 5.96 Å². The highest BCUT2D eigenvalue weighted by Gasteiger charge is 2.12. The van der Waals surface area contributed by atoms with Gasteiger partial charge in [0.2, 0.25) is 0 Å². The smallest absolute Gasteiger partial charge is 0.193 e. The van der Waals surface area contributed by atoms with Gasteiger partial charge >= 0.3 is 0 Å². The normalized spacial score (nSPS) is 12.3. The summed E-state index contributed by atoms with van der Waals surface area (Å²) in [6.07, 6.45) is 0. The zero-order valence-corrected chi connectivity index (χ0v) is 15.0. The van der Waals surface area contributed by atoms with Crippen molar-refractivity contribution in [2.24, 2.45) is 4.99 Å². The average molecular weight is 304 g/mol. The van der Waals surface area contributed by atoms with Gasteiger partial charge < -0.3 is 10.2 Å². The maximum Gasteiger partial charge on any atom is 0.193 e. The summed E-state index contributed by atoms with van der Waals surface area (Å²) < 4.78 is 0. The topological polar surface area (TPSA) is 30.9 Å². The number of hydrogen-bond donors (Lipinski definition) is 1. The van der Waals surface area contributed by atoms with Crippen LogP contribution in [0.1, 0.15) is 33.3 Å². The van der Waals surface area contributed by atoms with E-state index >= 15 is 0 Å². The molecule has 0 saturated heterocycles. The summed E-state index contributed by atoms with van der Waals surface area (Å²) in [6.45, 7) is 11.6. The van der Waals surface area contributed by atoms with E-state index in [2.05, 4.69) is 62.2 Å². The molecule has 1 aromatic rings. The van der Waals surface area contributed by atoms with Gasteiger partial charge in [-0.1, -0.05) is 30.3 Å². The first kappa shape index (κ1) is 18.5. The van der Waals surface area contributed by atoms with Crippen molar-refractivity contribution < 1.29 is 0 Å². The van der Waals surface area contributed by atoms with Crippen molar-refractivity contribution in [1.29, 1.82) is 0 Å². The van der Waals surface area contributed by atoms with Gasteiger partial charge in [-0.15, -0.1) is 0 Å². The van der Waals surface area contributed by atoms with E-state index < -0.39 is 0 Å². The summed E-state index contributed by atoms with van der Waals surface area (Å²) in [6, 6.07) is 11.5. The number of hydrogen-bond acceptors (Lipinski definition) is 2. The van der Waals surface area contributed by atoms with Crippen LogP contribution in [0, 0.1) is 0 Å².